The Kier molecular flexibility index (Phi) is 5.64. The molecule has 0 saturated carbocycles. The van der Waals surface area contributed by atoms with Crippen molar-refractivity contribution in [2.45, 2.75) is 0 Å². The lowest BCUT2D eigenvalue weighted by Gasteiger charge is -2.17. The molecule has 0 spiro atoms. The van der Waals surface area contributed by atoms with E-state index in [1.807, 2.05) is 18.2 Å². The molecule has 0 aliphatic rings. The third kappa shape index (κ3) is 3.79. The highest BCUT2D eigenvalue weighted by Gasteiger charge is 2.21. The van der Waals surface area contributed by atoms with Gasteiger partial charge >= 0.3 is 0 Å². The van der Waals surface area contributed by atoms with E-state index in [9.17, 15) is 10.5 Å². The molecule has 7 aromatic carbocycles. The zero-order chi connectivity index (χ0) is 32.6. The Hall–Kier alpha value is -7.08. The highest BCUT2D eigenvalue weighted by atomic mass is 16.3. The Morgan fingerprint density at radius 2 is 0.980 bits per heavy atom. The van der Waals surface area contributed by atoms with E-state index in [4.69, 9.17) is 4.42 Å². The lowest BCUT2D eigenvalue weighted by Crippen LogP contribution is -2.01. The molecule has 0 saturated heterocycles. The first-order valence-electron chi connectivity index (χ1n) is 16.1. The monoisotopic (exact) mass is 624 g/mol. The van der Waals surface area contributed by atoms with Gasteiger partial charge in [0.15, 0.2) is 0 Å². The second-order valence-electron chi connectivity index (χ2n) is 12.3. The summed E-state index contributed by atoms with van der Waals surface area (Å²) < 4.78 is 11.1. The second-order valence-corrected chi connectivity index (χ2v) is 12.3. The number of rotatable bonds is 3. The Balaban J connectivity index is 1.37. The topological polar surface area (TPSA) is 70.6 Å². The van der Waals surface area contributed by atoms with Crippen molar-refractivity contribution in [3.8, 4) is 34.6 Å². The Bertz CT molecular complexity index is 3000. The van der Waals surface area contributed by atoms with Gasteiger partial charge in [-0.15, -0.1) is 0 Å². The number of aromatic nitrogens is 2. The van der Waals surface area contributed by atoms with Crippen molar-refractivity contribution in [2.75, 3.05) is 0 Å². The molecule has 49 heavy (non-hydrogen) atoms. The van der Waals surface area contributed by atoms with Gasteiger partial charge in [0.1, 0.15) is 11.2 Å². The molecule has 10 rings (SSSR count). The largest absolute Gasteiger partial charge is 0.455 e. The molecule has 0 N–H and O–H groups in total. The van der Waals surface area contributed by atoms with Crippen LogP contribution < -0.4 is 0 Å². The smallest absolute Gasteiger partial charge is 0.145 e. The standard InChI is InChI=1S/C44H24N4O/c45-25-27-10-9-11-28(26-46)42(27)29-22-30(47-37-16-5-1-12-32(37)33-13-2-6-17-38(33)47)24-31(23-29)48-39-18-7-3-15-36(39)43-40(48)21-20-35-34-14-4-8-19-41(34)49-44(35)43/h1-24H. The van der Waals surface area contributed by atoms with E-state index in [0.717, 1.165) is 82.5 Å². The van der Waals surface area contributed by atoms with E-state index in [-0.39, 0.29) is 0 Å². The summed E-state index contributed by atoms with van der Waals surface area (Å²) in [6, 6.07) is 54.2. The van der Waals surface area contributed by atoms with Crippen LogP contribution in [0.4, 0.5) is 0 Å². The van der Waals surface area contributed by atoms with Crippen molar-refractivity contribution in [3.63, 3.8) is 0 Å². The fraction of sp³-hybridized carbons (Fsp3) is 0. The van der Waals surface area contributed by atoms with Gasteiger partial charge in [0.2, 0.25) is 0 Å². The lowest BCUT2D eigenvalue weighted by atomic mass is 9.94. The highest BCUT2D eigenvalue weighted by Crippen LogP contribution is 2.42. The van der Waals surface area contributed by atoms with Crippen LogP contribution in [0.2, 0.25) is 0 Å². The van der Waals surface area contributed by atoms with E-state index in [1.165, 1.54) is 0 Å². The van der Waals surface area contributed by atoms with Crippen LogP contribution in [0, 0.1) is 22.7 Å². The van der Waals surface area contributed by atoms with Crippen LogP contribution in [0.1, 0.15) is 11.1 Å². The zero-order valence-electron chi connectivity index (χ0n) is 26.1. The maximum atomic E-state index is 10.3. The molecular weight excluding hydrogens is 601 g/mol. The molecular formula is C44H24N4O. The van der Waals surface area contributed by atoms with Crippen LogP contribution in [0.3, 0.4) is 0 Å². The summed E-state index contributed by atoms with van der Waals surface area (Å²) in [5.41, 5.74) is 10.1. The number of para-hydroxylation sites is 4. The van der Waals surface area contributed by atoms with E-state index < -0.39 is 0 Å². The molecule has 10 aromatic rings. The van der Waals surface area contributed by atoms with Gasteiger partial charge in [-0.3, -0.25) is 0 Å². The quantitative estimate of drug-likeness (QED) is 0.196. The van der Waals surface area contributed by atoms with Gasteiger partial charge in [-0.2, -0.15) is 10.5 Å². The fourth-order valence-corrected chi connectivity index (χ4v) is 7.76. The number of nitrogens with zero attached hydrogens (tertiary/aromatic N) is 4. The number of fused-ring (bicyclic) bond motifs is 10. The minimum atomic E-state index is 0.454. The summed E-state index contributed by atoms with van der Waals surface area (Å²) in [6.07, 6.45) is 0. The molecule has 0 unspecified atom stereocenters. The average Bonchev–Trinajstić information content (AvgIpc) is 3.82. The maximum absolute atomic E-state index is 10.3. The number of nitriles is 2. The third-order valence-corrected chi connectivity index (χ3v) is 9.77. The molecule has 3 heterocycles. The summed E-state index contributed by atoms with van der Waals surface area (Å²) in [6.45, 7) is 0. The zero-order valence-corrected chi connectivity index (χ0v) is 26.1. The number of furan rings is 1. The molecule has 0 radical (unpaired) electrons. The summed E-state index contributed by atoms with van der Waals surface area (Å²) in [4.78, 5) is 0. The van der Waals surface area contributed by atoms with Crippen molar-refractivity contribution in [1.29, 1.82) is 10.5 Å². The summed E-state index contributed by atoms with van der Waals surface area (Å²) in [5, 5.41) is 27.1. The second kappa shape index (κ2) is 10.2. The van der Waals surface area contributed by atoms with Crippen LogP contribution in [-0.2, 0) is 0 Å². The first-order chi connectivity index (χ1) is 24.2. The molecule has 0 amide bonds. The van der Waals surface area contributed by atoms with Crippen LogP contribution in [0.25, 0.3) is 88.1 Å². The summed E-state index contributed by atoms with van der Waals surface area (Å²) in [5.74, 6) is 0. The van der Waals surface area contributed by atoms with Crippen molar-refractivity contribution >= 4 is 65.6 Å². The number of hydrogen-bond donors (Lipinski definition) is 0. The van der Waals surface area contributed by atoms with Crippen LogP contribution in [-0.4, -0.2) is 9.13 Å². The van der Waals surface area contributed by atoms with Gasteiger partial charge in [-0.25, -0.2) is 0 Å². The molecule has 0 atom stereocenters. The molecule has 226 valence electrons. The lowest BCUT2D eigenvalue weighted by molar-refractivity contribution is 0.673. The van der Waals surface area contributed by atoms with Gasteiger partial charge in [-0.05, 0) is 72.3 Å². The van der Waals surface area contributed by atoms with Crippen LogP contribution >= 0.6 is 0 Å². The van der Waals surface area contributed by atoms with Gasteiger partial charge < -0.3 is 13.6 Å². The number of benzene rings is 7. The molecule has 0 fully saturated rings. The normalized spacial score (nSPS) is 11.6. The summed E-state index contributed by atoms with van der Waals surface area (Å²) in [7, 11) is 0. The Morgan fingerprint density at radius 3 is 1.61 bits per heavy atom. The minimum absolute atomic E-state index is 0.454. The minimum Gasteiger partial charge on any atom is -0.455 e. The maximum Gasteiger partial charge on any atom is 0.145 e. The fourth-order valence-electron chi connectivity index (χ4n) is 7.76. The van der Waals surface area contributed by atoms with Crippen LogP contribution in [0.5, 0.6) is 0 Å². The van der Waals surface area contributed by atoms with Gasteiger partial charge in [0.05, 0.1) is 50.7 Å². The van der Waals surface area contributed by atoms with Crippen molar-refractivity contribution in [2.24, 2.45) is 0 Å². The molecule has 3 aromatic heterocycles. The predicted octanol–water partition coefficient (Wildman–Crippen LogP) is 11.2. The molecule has 0 bridgehead atoms. The van der Waals surface area contributed by atoms with E-state index >= 15 is 0 Å². The molecule has 0 aliphatic carbocycles. The van der Waals surface area contributed by atoms with Crippen molar-refractivity contribution in [1.82, 2.24) is 9.13 Å². The molecule has 0 aliphatic heterocycles. The van der Waals surface area contributed by atoms with E-state index in [0.29, 0.717) is 16.7 Å². The molecule has 5 nitrogen and oxygen atoms in total. The molecule has 5 heteroatoms. The first-order valence-corrected chi connectivity index (χ1v) is 16.1. The number of hydrogen-bond acceptors (Lipinski definition) is 3. The highest BCUT2D eigenvalue weighted by molar-refractivity contribution is 6.24. The van der Waals surface area contributed by atoms with Gasteiger partial charge in [-0.1, -0.05) is 78.9 Å². The van der Waals surface area contributed by atoms with Gasteiger partial charge in [0.25, 0.3) is 0 Å². The first kappa shape index (κ1) is 27.1. The predicted molar refractivity (Wildman–Crippen MR) is 197 cm³/mol. The third-order valence-electron chi connectivity index (χ3n) is 9.77. The van der Waals surface area contributed by atoms with Crippen molar-refractivity contribution < 1.29 is 4.42 Å². The SMILES string of the molecule is N#Cc1cccc(C#N)c1-c1cc(-n2c3ccccc3c3ccccc32)cc(-n2c3ccccc3c3c4oc5ccccc5c4ccc32)c1. The van der Waals surface area contributed by atoms with Crippen LogP contribution in [0.15, 0.2) is 150 Å². The van der Waals surface area contributed by atoms with E-state index in [2.05, 4.69) is 130 Å². The van der Waals surface area contributed by atoms with Gasteiger partial charge in [0, 0.05) is 43.9 Å². The Labute approximate surface area is 280 Å². The Morgan fingerprint density at radius 1 is 0.449 bits per heavy atom. The average molecular weight is 625 g/mol. The van der Waals surface area contributed by atoms with E-state index in [1.54, 1.807) is 18.2 Å². The van der Waals surface area contributed by atoms with Crippen molar-refractivity contribution in [3.05, 3.63) is 157 Å². The summed E-state index contributed by atoms with van der Waals surface area (Å²) >= 11 is 0.